The van der Waals surface area contributed by atoms with E-state index in [0.29, 0.717) is 16.8 Å². The van der Waals surface area contributed by atoms with E-state index in [9.17, 15) is 13.2 Å². The number of hydrogen-bond donors (Lipinski definition) is 0. The molecule has 1 aliphatic heterocycles. The van der Waals surface area contributed by atoms with Crippen LogP contribution in [0.1, 0.15) is 33.3 Å². The summed E-state index contributed by atoms with van der Waals surface area (Å²) in [6, 6.07) is 11.1. The molecule has 0 aromatic heterocycles. The fourth-order valence-corrected chi connectivity index (χ4v) is 4.57. The minimum atomic E-state index is -3.70. The van der Waals surface area contributed by atoms with Crippen LogP contribution < -0.4 is 0 Å². The van der Waals surface area contributed by atoms with Crippen molar-refractivity contribution in [3.63, 3.8) is 0 Å². The van der Waals surface area contributed by atoms with Crippen LogP contribution in [0.25, 0.3) is 0 Å². The lowest BCUT2D eigenvalue weighted by atomic mass is 9.99. The summed E-state index contributed by atoms with van der Waals surface area (Å²) in [5.74, 6) is -1.22. The van der Waals surface area contributed by atoms with Crippen LogP contribution in [0.4, 0.5) is 0 Å². The van der Waals surface area contributed by atoms with Gasteiger partial charge in [-0.15, -0.1) is 0 Å². The molecule has 1 heterocycles. The van der Waals surface area contributed by atoms with Crippen LogP contribution in [-0.4, -0.2) is 32.7 Å². The van der Waals surface area contributed by atoms with Crippen LogP contribution in [0.2, 0.25) is 0 Å². The summed E-state index contributed by atoms with van der Waals surface area (Å²) in [5, 5.41) is 0. The van der Waals surface area contributed by atoms with Gasteiger partial charge in [-0.1, -0.05) is 50.2 Å². The molecule has 0 aliphatic carbocycles. The van der Waals surface area contributed by atoms with E-state index in [1.807, 2.05) is 0 Å². The minimum Gasteiger partial charge on any atom is -0.464 e. The van der Waals surface area contributed by atoms with E-state index in [4.69, 9.17) is 6.11 Å². The molecule has 0 fully saturated rings. The molecule has 6 heteroatoms. The van der Waals surface area contributed by atoms with Crippen LogP contribution in [0.5, 0.6) is 0 Å². The van der Waals surface area contributed by atoms with Crippen LogP contribution >= 0.6 is 0 Å². The van der Waals surface area contributed by atoms with Gasteiger partial charge >= 0.3 is 5.97 Å². The van der Waals surface area contributed by atoms with Crippen molar-refractivity contribution in [2.45, 2.75) is 36.6 Å². The van der Waals surface area contributed by atoms with E-state index >= 15 is 0 Å². The maximum Gasteiger partial charge on any atom is 0.331 e. The first kappa shape index (κ1) is 17.0. The Labute approximate surface area is 155 Å². The van der Waals surface area contributed by atoms with Crippen LogP contribution in [-0.2, 0) is 19.4 Å². The maximum absolute atomic E-state index is 13.0. The van der Waals surface area contributed by atoms with E-state index in [1.165, 1.54) is 12.1 Å². The maximum atomic E-state index is 13.0. The Kier molecular flexibility index (Phi) is 4.59. The summed E-state index contributed by atoms with van der Waals surface area (Å²) in [5.41, 5.74) is 1.09. The molecule has 2 aromatic rings. The van der Waals surface area contributed by atoms with Gasteiger partial charge < -0.3 is 4.74 Å². The van der Waals surface area contributed by atoms with Crippen LogP contribution in [0.3, 0.4) is 0 Å². The van der Waals surface area contributed by atoms with E-state index in [-0.39, 0.29) is 16.4 Å². The predicted molar refractivity (Wildman–Crippen MR) is 99.2 cm³/mol. The van der Waals surface area contributed by atoms with Crippen molar-refractivity contribution < 1.29 is 19.3 Å². The third kappa shape index (κ3) is 3.05. The molecule has 2 aromatic carbocycles. The Bertz CT molecular complexity index is 974. The zero-order valence-corrected chi connectivity index (χ0v) is 15.7. The number of carbonyl (C=O) groups excluding carboxylic acids is 1. The Hall–Kier alpha value is -2.47. The number of ether oxygens (including phenoxy) is 1. The first-order chi connectivity index (χ1) is 12.7. The number of esters is 1. The molecule has 0 radical (unpaired) electrons. The zero-order valence-electron chi connectivity index (χ0n) is 15.9. The normalized spacial score (nSPS) is 17.5. The second-order valence-corrected chi connectivity index (χ2v) is 8.10. The summed E-state index contributed by atoms with van der Waals surface area (Å²) in [6.45, 7) is 5.24. The second kappa shape index (κ2) is 7.03. The number of aliphatic imine (C=N–C) groups is 1. The van der Waals surface area contributed by atoms with Gasteiger partial charge in [0, 0.05) is 11.1 Å². The van der Waals surface area contributed by atoms with Crippen molar-refractivity contribution in [2.24, 2.45) is 10.9 Å². The molecule has 0 spiro atoms. The molecule has 0 amide bonds. The fraction of sp³-hybridized carbons (Fsp3) is 0.300. The summed E-state index contributed by atoms with van der Waals surface area (Å²) in [4.78, 5) is 17.2. The van der Waals surface area contributed by atoms with E-state index in [0.717, 1.165) is 0 Å². The fourth-order valence-electron chi connectivity index (χ4n) is 2.91. The lowest BCUT2D eigenvalue weighted by molar-refractivity contribution is -0.145. The van der Waals surface area contributed by atoms with Gasteiger partial charge in [-0.3, -0.25) is 4.99 Å². The number of fused-ring (bicyclic) bond motifs is 2. The number of hydrogen-bond acceptors (Lipinski definition) is 5. The molecule has 26 heavy (non-hydrogen) atoms. The Morgan fingerprint density at radius 2 is 1.58 bits per heavy atom. The molecule has 0 saturated carbocycles. The Morgan fingerprint density at radius 3 is 2.04 bits per heavy atom. The molecule has 136 valence electrons. The first-order valence-corrected chi connectivity index (χ1v) is 9.92. The molecule has 0 saturated heterocycles. The van der Waals surface area contributed by atoms with Crippen molar-refractivity contribution in [3.05, 3.63) is 59.7 Å². The molecule has 1 atom stereocenters. The summed E-state index contributed by atoms with van der Waals surface area (Å²) in [7, 11) is -3.70. The lowest BCUT2D eigenvalue weighted by Gasteiger charge is -2.24. The van der Waals surface area contributed by atoms with Crippen molar-refractivity contribution in [1.82, 2.24) is 0 Å². The number of carbonyl (C=O) groups is 1. The summed E-state index contributed by atoms with van der Waals surface area (Å²) < 4.78 is 39.7. The highest BCUT2D eigenvalue weighted by molar-refractivity contribution is 7.91. The first-order valence-electron chi connectivity index (χ1n) is 8.94. The highest BCUT2D eigenvalue weighted by Crippen LogP contribution is 2.35. The van der Waals surface area contributed by atoms with E-state index in [1.54, 1.807) is 57.2 Å². The van der Waals surface area contributed by atoms with Gasteiger partial charge in [-0.2, -0.15) is 0 Å². The van der Waals surface area contributed by atoms with Gasteiger partial charge in [0.15, 0.2) is 6.02 Å². The average molecular weight is 372 g/mol. The monoisotopic (exact) mass is 372 g/mol. The third-order valence-corrected chi connectivity index (χ3v) is 6.00. The topological polar surface area (TPSA) is 72.8 Å². The molecule has 0 bridgehead atoms. The minimum absolute atomic E-state index is 0.123. The molecule has 0 N–H and O–H groups in total. The number of benzene rings is 2. The van der Waals surface area contributed by atoms with Gasteiger partial charge in [0.1, 0.15) is 0 Å². The lowest BCUT2D eigenvalue weighted by Crippen LogP contribution is -2.30. The Morgan fingerprint density at radius 1 is 1.08 bits per heavy atom. The highest BCUT2D eigenvalue weighted by Gasteiger charge is 2.34. The molecular formula is C20H21NO4S. The van der Waals surface area contributed by atoms with Crippen molar-refractivity contribution in [1.29, 1.82) is 0 Å². The predicted octanol–water partition coefficient (Wildman–Crippen LogP) is 3.26. The molecular weight excluding hydrogens is 350 g/mol. The van der Waals surface area contributed by atoms with Crippen molar-refractivity contribution >= 4 is 21.5 Å². The van der Waals surface area contributed by atoms with Crippen LogP contribution in [0, 0.1) is 5.92 Å². The van der Waals surface area contributed by atoms with Crippen molar-refractivity contribution in [3.8, 4) is 0 Å². The van der Waals surface area contributed by atoms with Crippen molar-refractivity contribution in [2.75, 3.05) is 6.61 Å². The molecule has 1 unspecified atom stereocenters. The average Bonchev–Trinajstić information content (AvgIpc) is 2.65. The van der Waals surface area contributed by atoms with Crippen LogP contribution in [0.15, 0.2) is 63.3 Å². The summed E-state index contributed by atoms with van der Waals surface area (Å²) >= 11 is 0. The largest absolute Gasteiger partial charge is 0.464 e. The highest BCUT2D eigenvalue weighted by atomic mass is 32.2. The van der Waals surface area contributed by atoms with Gasteiger partial charge in [-0.05, 0) is 25.0 Å². The third-order valence-electron chi connectivity index (χ3n) is 4.13. The van der Waals surface area contributed by atoms with Gasteiger partial charge in [0.2, 0.25) is 9.84 Å². The number of rotatable bonds is 4. The number of nitrogens with zero attached hydrogens (tertiary/aromatic N) is 1. The second-order valence-electron chi connectivity index (χ2n) is 6.22. The number of sulfone groups is 1. The standard InChI is InChI=1S/C20H21NO4S/c1-4-25-20(22)18(13(2)3)21-19-14-9-5-7-11-16(14)26(23,24)17-12-8-6-10-15(17)19/h5-13,18H,4H2,1-3H3/i18D. The Balaban J connectivity index is 2.34. The molecule has 5 nitrogen and oxygen atoms in total. The van der Waals surface area contributed by atoms with Gasteiger partial charge in [0.05, 0.1) is 23.5 Å². The van der Waals surface area contributed by atoms with E-state index < -0.39 is 27.7 Å². The molecule has 1 aliphatic rings. The summed E-state index contributed by atoms with van der Waals surface area (Å²) in [6.07, 6.45) is 0. The smallest absolute Gasteiger partial charge is 0.331 e. The zero-order chi connectivity index (χ0) is 19.8. The van der Waals surface area contributed by atoms with Gasteiger partial charge in [0.25, 0.3) is 0 Å². The van der Waals surface area contributed by atoms with E-state index in [2.05, 4.69) is 4.99 Å². The quantitative estimate of drug-likeness (QED) is 0.659. The van der Waals surface area contributed by atoms with Gasteiger partial charge in [-0.25, -0.2) is 13.2 Å². The SMILES string of the molecule is [2H]C(N=C1c2ccccc2S(=O)(=O)c2ccccc21)(C(=O)OCC)C(C)C. The molecule has 3 rings (SSSR count).